The van der Waals surface area contributed by atoms with E-state index >= 15 is 0 Å². The molecule has 3 rings (SSSR count). The summed E-state index contributed by atoms with van der Waals surface area (Å²) in [5.41, 5.74) is 1.95. The normalized spacial score (nSPS) is 10.7. The Morgan fingerprint density at radius 1 is 0.966 bits per heavy atom. The summed E-state index contributed by atoms with van der Waals surface area (Å²) in [6, 6.07) is 18.6. The zero-order chi connectivity index (χ0) is 20.5. The van der Waals surface area contributed by atoms with Gasteiger partial charge in [-0.25, -0.2) is 0 Å². The highest BCUT2D eigenvalue weighted by Gasteiger charge is 2.16. The number of benzene rings is 2. The van der Waals surface area contributed by atoms with E-state index in [1.54, 1.807) is 23.5 Å². The van der Waals surface area contributed by atoms with Crippen molar-refractivity contribution < 1.29 is 9.66 Å². The Labute approximate surface area is 175 Å². The van der Waals surface area contributed by atoms with Crippen LogP contribution in [-0.4, -0.2) is 11.5 Å². The van der Waals surface area contributed by atoms with Crippen LogP contribution in [-0.2, 0) is 0 Å². The zero-order valence-electron chi connectivity index (χ0n) is 16.6. The quantitative estimate of drug-likeness (QED) is 0.187. The van der Waals surface area contributed by atoms with Gasteiger partial charge in [-0.1, -0.05) is 50.8 Å². The van der Waals surface area contributed by atoms with Crippen LogP contribution in [0.5, 0.6) is 5.75 Å². The van der Waals surface area contributed by atoms with Gasteiger partial charge in [-0.15, -0.1) is 11.3 Å². The molecular weight excluding hydrogens is 384 g/mol. The molecule has 1 heterocycles. The number of thiophene rings is 1. The molecule has 0 aliphatic heterocycles. The Balaban J connectivity index is 1.75. The van der Waals surface area contributed by atoms with E-state index in [-0.39, 0.29) is 10.6 Å². The Kier molecular flexibility index (Phi) is 7.64. The van der Waals surface area contributed by atoms with Gasteiger partial charge >= 0.3 is 0 Å². The first-order chi connectivity index (χ1) is 14.2. The Bertz CT molecular complexity index is 894. The molecule has 152 valence electrons. The largest absolute Gasteiger partial charge is 0.493 e. The molecular formula is C23H26N2O3S. The Morgan fingerprint density at radius 2 is 1.66 bits per heavy atom. The van der Waals surface area contributed by atoms with Crippen molar-refractivity contribution in [2.24, 2.45) is 0 Å². The van der Waals surface area contributed by atoms with Crippen molar-refractivity contribution >= 4 is 33.4 Å². The second-order valence-corrected chi connectivity index (χ2v) is 7.72. The number of nitrogens with zero attached hydrogens (tertiary/aromatic N) is 2. The zero-order valence-corrected chi connectivity index (χ0v) is 17.4. The minimum Gasteiger partial charge on any atom is -0.493 e. The van der Waals surface area contributed by atoms with Gasteiger partial charge in [-0.3, -0.25) is 10.1 Å². The molecule has 0 unspecified atom stereocenters. The van der Waals surface area contributed by atoms with E-state index in [0.29, 0.717) is 0 Å². The van der Waals surface area contributed by atoms with Crippen molar-refractivity contribution in [1.82, 2.24) is 0 Å². The molecule has 0 fully saturated rings. The second-order valence-electron chi connectivity index (χ2n) is 6.83. The first kappa shape index (κ1) is 20.9. The number of nitro benzene ring substituents is 1. The number of rotatable bonds is 11. The molecule has 0 amide bonds. The van der Waals surface area contributed by atoms with Crippen LogP contribution in [0.2, 0.25) is 0 Å². The molecule has 0 saturated heterocycles. The van der Waals surface area contributed by atoms with Crippen molar-refractivity contribution in [3.8, 4) is 5.75 Å². The fourth-order valence-electron chi connectivity index (χ4n) is 3.10. The molecule has 1 aromatic heterocycles. The topological polar surface area (TPSA) is 55.6 Å². The summed E-state index contributed by atoms with van der Waals surface area (Å²) >= 11 is 1.60. The molecule has 0 aliphatic carbocycles. The first-order valence-electron chi connectivity index (χ1n) is 10.00. The standard InChI is InChI=1S/C23H26N2O3S/c1-2-3-4-5-9-16-28-22-17-23(29-18-22)24(19-10-7-6-8-11-19)20-12-14-21(15-13-20)25(26)27/h6-8,10-15,17-18H,2-5,9,16H2,1H3. The lowest BCUT2D eigenvalue weighted by atomic mass is 10.2. The average Bonchev–Trinajstić information content (AvgIpc) is 3.20. The first-order valence-corrected chi connectivity index (χ1v) is 10.9. The summed E-state index contributed by atoms with van der Waals surface area (Å²) in [6.07, 6.45) is 6.05. The summed E-state index contributed by atoms with van der Waals surface area (Å²) in [6.45, 7) is 2.94. The van der Waals surface area contributed by atoms with Gasteiger partial charge in [0.15, 0.2) is 0 Å². The average molecular weight is 411 g/mol. The van der Waals surface area contributed by atoms with Gasteiger partial charge in [0.1, 0.15) is 10.8 Å². The van der Waals surface area contributed by atoms with E-state index in [4.69, 9.17) is 4.74 Å². The van der Waals surface area contributed by atoms with E-state index in [9.17, 15) is 10.1 Å². The van der Waals surface area contributed by atoms with Crippen molar-refractivity contribution in [3.05, 3.63) is 76.2 Å². The van der Waals surface area contributed by atoms with Crippen LogP contribution in [0.4, 0.5) is 22.1 Å². The van der Waals surface area contributed by atoms with Crippen LogP contribution in [0.15, 0.2) is 66.0 Å². The smallest absolute Gasteiger partial charge is 0.269 e. The number of non-ortho nitro benzene ring substituents is 1. The minimum absolute atomic E-state index is 0.0834. The van der Waals surface area contributed by atoms with Crippen LogP contribution in [0.3, 0.4) is 0 Å². The molecule has 0 radical (unpaired) electrons. The molecule has 3 aromatic rings. The van der Waals surface area contributed by atoms with Gasteiger partial charge in [0.05, 0.1) is 11.5 Å². The highest BCUT2D eigenvalue weighted by Crippen LogP contribution is 2.40. The molecule has 5 nitrogen and oxygen atoms in total. The third-order valence-corrected chi connectivity index (χ3v) is 5.52. The maximum Gasteiger partial charge on any atom is 0.269 e. The SMILES string of the molecule is CCCCCCCOc1csc(N(c2ccccc2)c2ccc([N+](=O)[O-])cc2)c1. The van der Waals surface area contributed by atoms with Crippen molar-refractivity contribution in [2.75, 3.05) is 11.5 Å². The predicted molar refractivity (Wildman–Crippen MR) is 120 cm³/mol. The van der Waals surface area contributed by atoms with Crippen LogP contribution in [0, 0.1) is 10.1 Å². The van der Waals surface area contributed by atoms with Gasteiger partial charge in [-0.2, -0.15) is 0 Å². The summed E-state index contributed by atoms with van der Waals surface area (Å²) < 4.78 is 5.93. The monoisotopic (exact) mass is 410 g/mol. The molecule has 0 bridgehead atoms. The van der Waals surface area contributed by atoms with Gasteiger partial charge in [0, 0.05) is 35.0 Å². The van der Waals surface area contributed by atoms with Crippen molar-refractivity contribution in [3.63, 3.8) is 0 Å². The van der Waals surface area contributed by atoms with Gasteiger partial charge in [-0.05, 0) is 30.7 Å². The number of anilines is 3. The molecule has 2 aromatic carbocycles. The van der Waals surface area contributed by atoms with Crippen molar-refractivity contribution in [1.29, 1.82) is 0 Å². The Hall–Kier alpha value is -2.86. The number of hydrogen-bond donors (Lipinski definition) is 0. The lowest BCUT2D eigenvalue weighted by Gasteiger charge is -2.23. The summed E-state index contributed by atoms with van der Waals surface area (Å²) in [5.74, 6) is 0.864. The van der Waals surface area contributed by atoms with Gasteiger partial charge < -0.3 is 9.64 Å². The number of nitro groups is 1. The molecule has 0 saturated carbocycles. The lowest BCUT2D eigenvalue weighted by molar-refractivity contribution is -0.384. The molecule has 6 heteroatoms. The minimum atomic E-state index is -0.381. The van der Waals surface area contributed by atoms with E-state index in [0.717, 1.165) is 35.2 Å². The maximum absolute atomic E-state index is 11.0. The molecule has 0 N–H and O–H groups in total. The highest BCUT2D eigenvalue weighted by molar-refractivity contribution is 7.14. The molecule has 0 spiro atoms. The number of para-hydroxylation sites is 1. The van der Waals surface area contributed by atoms with Crippen LogP contribution >= 0.6 is 11.3 Å². The fraction of sp³-hybridized carbons (Fsp3) is 0.304. The molecule has 29 heavy (non-hydrogen) atoms. The third-order valence-electron chi connectivity index (χ3n) is 4.63. The van der Waals surface area contributed by atoms with Crippen LogP contribution in [0.1, 0.15) is 39.0 Å². The highest BCUT2D eigenvalue weighted by atomic mass is 32.1. The van der Waals surface area contributed by atoms with Gasteiger partial charge in [0.2, 0.25) is 0 Å². The summed E-state index contributed by atoms with van der Waals surface area (Å²) in [5, 5.41) is 14.0. The fourth-order valence-corrected chi connectivity index (χ4v) is 3.97. The lowest BCUT2D eigenvalue weighted by Crippen LogP contribution is -2.08. The predicted octanol–water partition coefficient (Wildman–Crippen LogP) is 7.48. The number of ether oxygens (including phenoxy) is 1. The van der Waals surface area contributed by atoms with E-state index < -0.39 is 0 Å². The maximum atomic E-state index is 11.0. The van der Waals surface area contributed by atoms with Crippen LogP contribution in [0.25, 0.3) is 0 Å². The van der Waals surface area contributed by atoms with E-state index in [2.05, 4.69) is 11.8 Å². The molecule has 0 aliphatic rings. The summed E-state index contributed by atoms with van der Waals surface area (Å²) in [4.78, 5) is 12.7. The van der Waals surface area contributed by atoms with E-state index in [1.165, 1.54) is 37.8 Å². The second kappa shape index (κ2) is 10.6. The number of hydrogen-bond acceptors (Lipinski definition) is 5. The van der Waals surface area contributed by atoms with Crippen molar-refractivity contribution in [2.45, 2.75) is 39.0 Å². The number of unbranched alkanes of at least 4 members (excludes halogenated alkanes) is 4. The van der Waals surface area contributed by atoms with E-state index in [1.807, 2.05) is 41.8 Å². The summed E-state index contributed by atoms with van der Waals surface area (Å²) in [7, 11) is 0. The van der Waals surface area contributed by atoms with Gasteiger partial charge in [0.25, 0.3) is 5.69 Å². The Morgan fingerprint density at radius 3 is 2.34 bits per heavy atom. The third kappa shape index (κ3) is 5.81. The van der Waals surface area contributed by atoms with Crippen LogP contribution < -0.4 is 9.64 Å². The molecule has 0 atom stereocenters.